The number of rotatable bonds is 5. The van der Waals surface area contributed by atoms with Crippen LogP contribution >= 0.6 is 11.8 Å². The Labute approximate surface area is 171 Å². The predicted octanol–water partition coefficient (Wildman–Crippen LogP) is 3.45. The van der Waals surface area contributed by atoms with E-state index in [1.54, 1.807) is 13.0 Å². The molecule has 29 heavy (non-hydrogen) atoms. The quantitative estimate of drug-likeness (QED) is 0.743. The summed E-state index contributed by atoms with van der Waals surface area (Å²) in [5.41, 5.74) is 0.191. The number of hydrogen-bond donors (Lipinski definition) is 2. The number of nitrogens with one attached hydrogen (secondary N) is 2. The molecule has 6 nitrogen and oxygen atoms in total. The minimum atomic E-state index is -3.82. The number of amides is 2. The molecule has 2 aromatic carbocycles. The third-order valence-electron chi connectivity index (χ3n) is 4.31. The highest BCUT2D eigenvalue weighted by Crippen LogP contribution is 2.34. The van der Waals surface area contributed by atoms with E-state index in [2.05, 4.69) is 10.6 Å². The minimum absolute atomic E-state index is 0.0209. The zero-order valence-electron chi connectivity index (χ0n) is 15.4. The summed E-state index contributed by atoms with van der Waals surface area (Å²) in [5.74, 6) is -2.76. The largest absolute Gasteiger partial charge is 0.325 e. The van der Waals surface area contributed by atoms with Gasteiger partial charge in [0.1, 0.15) is 11.6 Å². The third-order valence-corrected chi connectivity index (χ3v) is 7.35. The topological polar surface area (TPSA) is 92.3 Å². The van der Waals surface area contributed by atoms with Gasteiger partial charge in [-0.25, -0.2) is 17.2 Å². The van der Waals surface area contributed by atoms with E-state index in [9.17, 15) is 26.8 Å². The Morgan fingerprint density at radius 3 is 2.72 bits per heavy atom. The Bertz CT molecular complexity index is 1070. The number of fused-ring (bicyclic) bond motifs is 1. The molecule has 1 aliphatic heterocycles. The van der Waals surface area contributed by atoms with Crippen molar-refractivity contribution in [2.24, 2.45) is 5.92 Å². The number of benzene rings is 2. The first kappa shape index (κ1) is 21.3. The van der Waals surface area contributed by atoms with Crippen LogP contribution in [0.4, 0.5) is 20.2 Å². The van der Waals surface area contributed by atoms with E-state index >= 15 is 0 Å². The molecule has 0 aromatic heterocycles. The Kier molecular flexibility index (Phi) is 6.23. The van der Waals surface area contributed by atoms with Crippen LogP contribution in [0.25, 0.3) is 0 Å². The number of thioether (sulfide) groups is 1. The number of hydrogen-bond acceptors (Lipinski definition) is 5. The van der Waals surface area contributed by atoms with Gasteiger partial charge in [0.05, 0.1) is 22.0 Å². The highest BCUT2D eigenvalue weighted by Gasteiger charge is 2.23. The Morgan fingerprint density at radius 1 is 1.24 bits per heavy atom. The van der Waals surface area contributed by atoms with Gasteiger partial charge < -0.3 is 10.6 Å². The van der Waals surface area contributed by atoms with E-state index in [4.69, 9.17) is 0 Å². The van der Waals surface area contributed by atoms with Crippen LogP contribution in [0.3, 0.4) is 0 Å². The van der Waals surface area contributed by atoms with Crippen molar-refractivity contribution in [1.29, 1.82) is 0 Å². The molecular weight excluding hydrogens is 422 g/mol. The molecule has 0 saturated heterocycles. The van der Waals surface area contributed by atoms with E-state index in [-0.39, 0.29) is 22.4 Å². The maximum absolute atomic E-state index is 13.6. The van der Waals surface area contributed by atoms with E-state index in [0.29, 0.717) is 17.5 Å². The third kappa shape index (κ3) is 5.13. The second kappa shape index (κ2) is 8.50. The number of sulfone groups is 1. The second-order valence-electron chi connectivity index (χ2n) is 6.60. The maximum Gasteiger partial charge on any atom is 0.228 e. The van der Waals surface area contributed by atoms with E-state index in [0.717, 1.165) is 17.0 Å². The van der Waals surface area contributed by atoms with Crippen LogP contribution in [0.15, 0.2) is 46.2 Å². The van der Waals surface area contributed by atoms with Crippen molar-refractivity contribution in [3.8, 4) is 0 Å². The molecule has 1 unspecified atom stereocenters. The first-order chi connectivity index (χ1) is 13.7. The molecule has 0 radical (unpaired) electrons. The zero-order chi connectivity index (χ0) is 21.2. The predicted molar refractivity (Wildman–Crippen MR) is 107 cm³/mol. The van der Waals surface area contributed by atoms with Crippen LogP contribution in [0.5, 0.6) is 0 Å². The summed E-state index contributed by atoms with van der Waals surface area (Å²) >= 11 is 1.46. The fourth-order valence-corrected chi connectivity index (χ4v) is 4.89. The molecule has 2 N–H and O–H groups in total. The summed E-state index contributed by atoms with van der Waals surface area (Å²) in [6, 6.07) is 7.10. The minimum Gasteiger partial charge on any atom is -0.325 e. The lowest BCUT2D eigenvalue weighted by atomic mass is 10.2. The SMILES string of the molecule is CC1CSc2ccc(S(=O)(=O)CCC(=O)Nc3ccc(F)cc3F)cc2NC1=O. The molecule has 0 spiro atoms. The average Bonchev–Trinajstić information content (AvgIpc) is 2.80. The molecule has 2 amide bonds. The van der Waals surface area contributed by atoms with Crippen LogP contribution in [-0.2, 0) is 19.4 Å². The Morgan fingerprint density at radius 2 is 2.00 bits per heavy atom. The molecule has 0 aliphatic carbocycles. The standard InChI is InChI=1S/C19H18F2N2O4S2/c1-11-10-28-17-5-3-13(9-16(17)23-19(11)25)29(26,27)7-6-18(24)22-15-4-2-12(20)8-14(15)21/h2-5,8-9,11H,6-7,10H2,1H3,(H,22,24)(H,23,25). The van der Waals surface area contributed by atoms with Gasteiger partial charge >= 0.3 is 0 Å². The van der Waals surface area contributed by atoms with Crippen LogP contribution in [-0.4, -0.2) is 31.7 Å². The van der Waals surface area contributed by atoms with Gasteiger partial charge in [0.15, 0.2) is 9.84 Å². The molecule has 2 aromatic rings. The van der Waals surface area contributed by atoms with Gasteiger partial charge in [-0.15, -0.1) is 11.8 Å². The fourth-order valence-electron chi connectivity index (χ4n) is 2.62. The average molecular weight is 440 g/mol. The van der Waals surface area contributed by atoms with E-state index < -0.39 is 39.6 Å². The van der Waals surface area contributed by atoms with Crippen molar-refractivity contribution >= 4 is 44.8 Å². The number of halogens is 2. The summed E-state index contributed by atoms with van der Waals surface area (Å²) < 4.78 is 51.7. The van der Waals surface area contributed by atoms with Crippen LogP contribution < -0.4 is 10.6 Å². The van der Waals surface area contributed by atoms with Crippen molar-refractivity contribution in [2.75, 3.05) is 22.1 Å². The summed E-state index contributed by atoms with van der Waals surface area (Å²) in [6.07, 6.45) is -0.408. The van der Waals surface area contributed by atoms with E-state index in [1.807, 2.05) is 0 Å². The molecule has 1 atom stereocenters. The molecule has 1 heterocycles. The summed E-state index contributed by atoms with van der Waals surface area (Å²) in [4.78, 5) is 24.7. The molecule has 0 fully saturated rings. The fraction of sp³-hybridized carbons (Fsp3) is 0.263. The summed E-state index contributed by atoms with van der Waals surface area (Å²) in [7, 11) is -3.82. The number of anilines is 2. The van der Waals surface area contributed by atoms with Crippen LogP contribution in [0.2, 0.25) is 0 Å². The van der Waals surface area contributed by atoms with Gasteiger partial charge in [0.25, 0.3) is 0 Å². The molecule has 10 heteroatoms. The number of carbonyl (C=O) groups excluding carboxylic acids is 2. The lowest BCUT2D eigenvalue weighted by Gasteiger charge is -2.10. The van der Waals surface area contributed by atoms with Crippen molar-refractivity contribution in [2.45, 2.75) is 23.1 Å². The molecule has 3 rings (SSSR count). The molecule has 0 bridgehead atoms. The van der Waals surface area contributed by atoms with Crippen molar-refractivity contribution in [3.05, 3.63) is 48.0 Å². The molecule has 154 valence electrons. The van der Waals surface area contributed by atoms with Gasteiger partial charge in [0, 0.05) is 29.1 Å². The lowest BCUT2D eigenvalue weighted by Crippen LogP contribution is -2.20. The lowest BCUT2D eigenvalue weighted by molar-refractivity contribution is -0.118. The normalized spacial score (nSPS) is 16.5. The van der Waals surface area contributed by atoms with Crippen molar-refractivity contribution in [1.82, 2.24) is 0 Å². The first-order valence-corrected chi connectivity index (χ1v) is 11.3. The molecule has 0 saturated carbocycles. The van der Waals surface area contributed by atoms with Crippen LogP contribution in [0.1, 0.15) is 13.3 Å². The van der Waals surface area contributed by atoms with E-state index in [1.165, 1.54) is 23.9 Å². The van der Waals surface area contributed by atoms with Crippen molar-refractivity contribution in [3.63, 3.8) is 0 Å². The van der Waals surface area contributed by atoms with Gasteiger partial charge in [0.2, 0.25) is 11.8 Å². The van der Waals surface area contributed by atoms with Gasteiger partial charge in [-0.2, -0.15) is 0 Å². The maximum atomic E-state index is 13.6. The number of carbonyl (C=O) groups is 2. The second-order valence-corrected chi connectivity index (χ2v) is 9.77. The monoisotopic (exact) mass is 440 g/mol. The van der Waals surface area contributed by atoms with Gasteiger partial charge in [-0.1, -0.05) is 6.92 Å². The first-order valence-electron chi connectivity index (χ1n) is 8.71. The van der Waals surface area contributed by atoms with Crippen molar-refractivity contribution < 1.29 is 26.8 Å². The zero-order valence-corrected chi connectivity index (χ0v) is 17.0. The molecule has 1 aliphatic rings. The Balaban J connectivity index is 1.69. The van der Waals surface area contributed by atoms with Gasteiger partial charge in [-0.05, 0) is 30.3 Å². The van der Waals surface area contributed by atoms with Gasteiger partial charge in [-0.3, -0.25) is 9.59 Å². The molecular formula is C19H18F2N2O4S2. The summed E-state index contributed by atoms with van der Waals surface area (Å²) in [6.45, 7) is 1.79. The Hall–Kier alpha value is -2.46. The smallest absolute Gasteiger partial charge is 0.228 e. The highest BCUT2D eigenvalue weighted by molar-refractivity contribution is 7.99. The van der Waals surface area contributed by atoms with Crippen LogP contribution in [0, 0.1) is 17.6 Å². The summed E-state index contributed by atoms with van der Waals surface area (Å²) in [5, 5.41) is 4.94. The highest BCUT2D eigenvalue weighted by atomic mass is 32.2.